The van der Waals surface area contributed by atoms with Gasteiger partial charge >= 0.3 is 0 Å². The number of carbonyl (C=O) groups is 1. The minimum atomic E-state index is -0.432. The molecule has 0 aliphatic rings. The zero-order chi connectivity index (χ0) is 10.1. The van der Waals surface area contributed by atoms with Crippen LogP contribution in [0.4, 0.5) is 0 Å². The van der Waals surface area contributed by atoms with Crippen LogP contribution in [0.25, 0.3) is 0 Å². The molecule has 70 valence electrons. The molecule has 0 rings (SSSR count). The number of hydrogen-bond donors (Lipinski definition) is 1. The van der Waals surface area contributed by atoms with Crippen LogP contribution in [0, 0.1) is 0 Å². The van der Waals surface area contributed by atoms with E-state index in [1.54, 1.807) is 12.2 Å². The second-order valence-corrected chi connectivity index (χ2v) is 2.78. The Kier molecular flexibility index (Phi) is 6.24. The Labute approximate surface area is 79.1 Å². The van der Waals surface area contributed by atoms with Gasteiger partial charge in [0.15, 0.2) is 0 Å². The first-order chi connectivity index (χ1) is 6.13. The van der Waals surface area contributed by atoms with Crippen LogP contribution in [0.15, 0.2) is 48.1 Å². The third-order valence-electron chi connectivity index (χ3n) is 1.13. The van der Waals surface area contributed by atoms with Crippen LogP contribution in [-0.2, 0) is 4.79 Å². The molecule has 0 radical (unpaired) electrons. The molecule has 0 fully saturated rings. The summed E-state index contributed by atoms with van der Waals surface area (Å²) < 4.78 is 0. The van der Waals surface area contributed by atoms with E-state index in [-0.39, 0.29) is 0 Å². The van der Waals surface area contributed by atoms with Gasteiger partial charge < -0.3 is 5.73 Å². The third-order valence-corrected chi connectivity index (χ3v) is 1.13. The van der Waals surface area contributed by atoms with Gasteiger partial charge in [0.25, 0.3) is 0 Å². The first kappa shape index (κ1) is 11.4. The molecule has 0 bridgehead atoms. The molecule has 0 aliphatic carbocycles. The van der Waals surface area contributed by atoms with Crippen LogP contribution >= 0.6 is 0 Å². The highest BCUT2D eigenvalue weighted by atomic mass is 16.1. The first-order valence-corrected chi connectivity index (χ1v) is 4.07. The number of hydrogen-bond acceptors (Lipinski definition) is 1. The Hall–Kier alpha value is -1.57. The molecular formula is C11H15NO. The number of rotatable bonds is 4. The average molecular weight is 177 g/mol. The molecule has 0 aromatic heterocycles. The summed E-state index contributed by atoms with van der Waals surface area (Å²) in [5.41, 5.74) is 6.13. The normalized spacial score (nSPS) is 11.5. The Balaban J connectivity index is 3.82. The van der Waals surface area contributed by atoms with Crippen molar-refractivity contribution in [1.82, 2.24) is 0 Å². The summed E-state index contributed by atoms with van der Waals surface area (Å²) in [6.45, 7) is 4.06. The summed E-state index contributed by atoms with van der Waals surface area (Å²) in [7, 11) is 0. The zero-order valence-corrected chi connectivity index (χ0v) is 8.03. The topological polar surface area (TPSA) is 43.1 Å². The fourth-order valence-corrected chi connectivity index (χ4v) is 0.591. The number of primary amides is 1. The van der Waals surface area contributed by atoms with Crippen LogP contribution in [0.2, 0.25) is 0 Å². The predicted octanol–water partition coefficient (Wildman–Crippen LogP) is 2.11. The molecule has 13 heavy (non-hydrogen) atoms. The second kappa shape index (κ2) is 7.10. The van der Waals surface area contributed by atoms with E-state index in [1.807, 2.05) is 38.2 Å². The Morgan fingerprint density at radius 1 is 1.00 bits per heavy atom. The lowest BCUT2D eigenvalue weighted by molar-refractivity contribution is -0.113. The fourth-order valence-electron chi connectivity index (χ4n) is 0.591. The molecule has 1 amide bonds. The van der Waals surface area contributed by atoms with Gasteiger partial charge in [0.2, 0.25) is 5.91 Å². The number of nitrogens with two attached hydrogens (primary N) is 1. The number of amides is 1. The van der Waals surface area contributed by atoms with Crippen molar-refractivity contribution in [3.8, 4) is 0 Å². The largest absolute Gasteiger partial charge is 0.366 e. The van der Waals surface area contributed by atoms with Crippen molar-refractivity contribution in [1.29, 1.82) is 0 Å². The molecule has 2 heteroatoms. The van der Waals surface area contributed by atoms with Gasteiger partial charge in [-0.05, 0) is 13.8 Å². The highest BCUT2D eigenvalue weighted by Gasteiger charge is 1.75. The fraction of sp³-hybridized carbons (Fsp3) is 0.182. The SMILES string of the molecule is CC(C)=CC=CC=CC=CC(N)=O. The average Bonchev–Trinajstić information content (AvgIpc) is 2.01. The van der Waals surface area contributed by atoms with Gasteiger partial charge in [0.1, 0.15) is 0 Å². The summed E-state index contributed by atoms with van der Waals surface area (Å²) in [5, 5.41) is 0. The molecule has 0 unspecified atom stereocenters. The minimum absolute atomic E-state index is 0.432. The van der Waals surface area contributed by atoms with Gasteiger partial charge in [-0.3, -0.25) is 4.79 Å². The van der Waals surface area contributed by atoms with Crippen LogP contribution < -0.4 is 5.73 Å². The molecular weight excluding hydrogens is 162 g/mol. The molecule has 2 nitrogen and oxygen atoms in total. The van der Waals surface area contributed by atoms with E-state index in [4.69, 9.17) is 5.73 Å². The van der Waals surface area contributed by atoms with E-state index in [0.717, 1.165) is 0 Å². The van der Waals surface area contributed by atoms with Gasteiger partial charge in [-0.2, -0.15) is 0 Å². The van der Waals surface area contributed by atoms with Crippen molar-refractivity contribution < 1.29 is 4.79 Å². The summed E-state index contributed by atoms with van der Waals surface area (Å²) in [4.78, 5) is 10.3. The molecule has 0 aromatic rings. The molecule has 0 atom stereocenters. The smallest absolute Gasteiger partial charge is 0.241 e. The Morgan fingerprint density at radius 2 is 1.54 bits per heavy atom. The maximum Gasteiger partial charge on any atom is 0.241 e. The van der Waals surface area contributed by atoms with E-state index in [0.29, 0.717) is 0 Å². The van der Waals surface area contributed by atoms with Crippen LogP contribution in [0.5, 0.6) is 0 Å². The Bertz CT molecular complexity index is 266. The van der Waals surface area contributed by atoms with Crippen molar-refractivity contribution in [2.24, 2.45) is 5.73 Å². The lowest BCUT2D eigenvalue weighted by atomic mass is 10.3. The molecule has 0 spiro atoms. The van der Waals surface area contributed by atoms with E-state index < -0.39 is 5.91 Å². The zero-order valence-electron chi connectivity index (χ0n) is 8.03. The summed E-state index contributed by atoms with van der Waals surface area (Å²) in [6.07, 6.45) is 12.3. The first-order valence-electron chi connectivity index (χ1n) is 4.07. The molecule has 2 N–H and O–H groups in total. The van der Waals surface area contributed by atoms with Gasteiger partial charge in [0.05, 0.1) is 0 Å². The van der Waals surface area contributed by atoms with Crippen molar-refractivity contribution in [2.45, 2.75) is 13.8 Å². The lowest BCUT2D eigenvalue weighted by Crippen LogP contribution is -2.04. The van der Waals surface area contributed by atoms with E-state index in [9.17, 15) is 4.79 Å². The van der Waals surface area contributed by atoms with Crippen LogP contribution in [-0.4, -0.2) is 5.91 Å². The molecule has 0 aliphatic heterocycles. The van der Waals surface area contributed by atoms with E-state index >= 15 is 0 Å². The van der Waals surface area contributed by atoms with Gasteiger partial charge in [-0.25, -0.2) is 0 Å². The highest BCUT2D eigenvalue weighted by molar-refractivity contribution is 5.85. The quantitative estimate of drug-likeness (QED) is 0.518. The van der Waals surface area contributed by atoms with Crippen molar-refractivity contribution in [3.05, 3.63) is 48.1 Å². The summed E-state index contributed by atoms with van der Waals surface area (Å²) in [5.74, 6) is -0.432. The van der Waals surface area contributed by atoms with Crippen molar-refractivity contribution in [2.75, 3.05) is 0 Å². The number of allylic oxidation sites excluding steroid dienone is 7. The van der Waals surface area contributed by atoms with Gasteiger partial charge in [-0.15, -0.1) is 0 Å². The van der Waals surface area contributed by atoms with Crippen molar-refractivity contribution >= 4 is 5.91 Å². The Morgan fingerprint density at radius 3 is 2.08 bits per heavy atom. The van der Waals surface area contributed by atoms with Crippen molar-refractivity contribution in [3.63, 3.8) is 0 Å². The van der Waals surface area contributed by atoms with Crippen LogP contribution in [0.1, 0.15) is 13.8 Å². The summed E-state index contributed by atoms with van der Waals surface area (Å²) in [6, 6.07) is 0. The predicted molar refractivity (Wildman–Crippen MR) is 56.0 cm³/mol. The summed E-state index contributed by atoms with van der Waals surface area (Å²) >= 11 is 0. The molecule has 0 aromatic carbocycles. The number of carbonyl (C=O) groups excluding carboxylic acids is 1. The molecule has 0 saturated carbocycles. The monoisotopic (exact) mass is 177 g/mol. The van der Waals surface area contributed by atoms with Gasteiger partial charge in [0, 0.05) is 6.08 Å². The standard InChI is InChI=1S/C11H15NO/c1-10(2)8-6-4-3-5-7-9-11(12)13/h3-9H,1-2H3,(H2,12,13). The highest BCUT2D eigenvalue weighted by Crippen LogP contribution is 1.89. The minimum Gasteiger partial charge on any atom is -0.366 e. The third kappa shape index (κ3) is 10.4. The van der Waals surface area contributed by atoms with Gasteiger partial charge in [-0.1, -0.05) is 42.0 Å². The lowest BCUT2D eigenvalue weighted by Gasteiger charge is -1.80. The molecule has 0 heterocycles. The maximum atomic E-state index is 10.3. The van der Waals surface area contributed by atoms with E-state index in [1.165, 1.54) is 11.6 Å². The second-order valence-electron chi connectivity index (χ2n) is 2.78. The van der Waals surface area contributed by atoms with Crippen LogP contribution in [0.3, 0.4) is 0 Å². The molecule has 0 saturated heterocycles. The van der Waals surface area contributed by atoms with E-state index in [2.05, 4.69) is 0 Å². The maximum absolute atomic E-state index is 10.3.